The summed E-state index contributed by atoms with van der Waals surface area (Å²) >= 11 is 0. The van der Waals surface area contributed by atoms with E-state index in [0.717, 1.165) is 6.42 Å². The molecule has 2 unspecified atom stereocenters. The second-order valence-corrected chi connectivity index (χ2v) is 8.09. The molecule has 11 nitrogen and oxygen atoms in total. The van der Waals surface area contributed by atoms with Gasteiger partial charge in [-0.05, 0) is 31.4 Å². The predicted molar refractivity (Wildman–Crippen MR) is 118 cm³/mol. The summed E-state index contributed by atoms with van der Waals surface area (Å²) in [6.45, 7) is 0.861. The van der Waals surface area contributed by atoms with Crippen LogP contribution in [-0.4, -0.2) is 82.9 Å². The number of nitrogens with one attached hydrogen (secondary N) is 3. The molecule has 4 N–H and O–H groups in total. The number of hydrogen-bond donors (Lipinski definition) is 4. The Morgan fingerprint density at radius 2 is 1.85 bits per heavy atom. The molecule has 2 aliphatic heterocycles. The second-order valence-electron chi connectivity index (χ2n) is 8.09. The average molecular weight is 460 g/mol. The van der Waals surface area contributed by atoms with Gasteiger partial charge >= 0.3 is 12.0 Å². The summed E-state index contributed by atoms with van der Waals surface area (Å²) in [6.07, 6.45) is 1.21. The van der Waals surface area contributed by atoms with Crippen LogP contribution in [0.4, 0.5) is 10.5 Å². The summed E-state index contributed by atoms with van der Waals surface area (Å²) in [6, 6.07) is 6.82. The summed E-state index contributed by atoms with van der Waals surface area (Å²) in [4.78, 5) is 64.3. The van der Waals surface area contributed by atoms with E-state index >= 15 is 0 Å². The fourth-order valence-corrected chi connectivity index (χ4v) is 3.93. The molecular weight excluding hydrogens is 430 g/mol. The van der Waals surface area contributed by atoms with Gasteiger partial charge in [-0.2, -0.15) is 0 Å². The maximum absolute atomic E-state index is 13.1. The number of carbonyl (C=O) groups is 5. The zero-order chi connectivity index (χ0) is 23.8. The highest BCUT2D eigenvalue weighted by atomic mass is 16.4. The molecule has 11 heteroatoms. The van der Waals surface area contributed by atoms with E-state index in [1.807, 2.05) is 6.07 Å². The molecule has 0 saturated carbocycles. The van der Waals surface area contributed by atoms with Gasteiger partial charge < -0.3 is 30.9 Å². The number of carboxylic acid groups (broad SMARTS) is 1. The lowest BCUT2D eigenvalue weighted by Gasteiger charge is -2.41. The average Bonchev–Trinajstić information content (AvgIpc) is 2.80. The lowest BCUT2D eigenvalue weighted by Crippen LogP contribution is -2.64. The maximum Gasteiger partial charge on any atom is 0.321 e. The van der Waals surface area contributed by atoms with E-state index in [4.69, 9.17) is 5.11 Å². The van der Waals surface area contributed by atoms with E-state index in [-0.39, 0.29) is 50.7 Å². The number of benzene rings is 1. The molecule has 0 radical (unpaired) electrons. The molecule has 2 heterocycles. The van der Waals surface area contributed by atoms with Crippen molar-refractivity contribution in [2.24, 2.45) is 0 Å². The van der Waals surface area contributed by atoms with E-state index < -0.39 is 30.0 Å². The fraction of sp³-hybridized carbons (Fsp3) is 0.500. The Balaban J connectivity index is 1.69. The van der Waals surface area contributed by atoms with Crippen molar-refractivity contribution in [3.05, 3.63) is 30.3 Å². The number of hydrogen-bond acceptors (Lipinski definition) is 5. The first-order valence-corrected chi connectivity index (χ1v) is 11.1. The van der Waals surface area contributed by atoms with Crippen LogP contribution in [0.2, 0.25) is 0 Å². The number of piperazine rings is 1. The Bertz CT molecular complexity index is 893. The van der Waals surface area contributed by atoms with Crippen LogP contribution in [0, 0.1) is 0 Å². The molecule has 178 valence electrons. The van der Waals surface area contributed by atoms with Crippen molar-refractivity contribution in [1.29, 1.82) is 0 Å². The van der Waals surface area contributed by atoms with Gasteiger partial charge in [0, 0.05) is 38.2 Å². The van der Waals surface area contributed by atoms with Crippen LogP contribution in [0.1, 0.15) is 32.1 Å². The number of carboxylic acids is 1. The maximum atomic E-state index is 13.1. The summed E-state index contributed by atoms with van der Waals surface area (Å²) in [5.41, 5.74) is 0.606. The van der Waals surface area contributed by atoms with Crippen molar-refractivity contribution < 1.29 is 29.1 Å². The first kappa shape index (κ1) is 24.0. The number of piperidine rings is 1. The molecule has 1 aromatic carbocycles. The summed E-state index contributed by atoms with van der Waals surface area (Å²) in [5.74, 6) is -2.14. The highest BCUT2D eigenvalue weighted by Gasteiger charge is 2.38. The van der Waals surface area contributed by atoms with Crippen LogP contribution in [0.5, 0.6) is 0 Å². The van der Waals surface area contributed by atoms with Gasteiger partial charge in [0.2, 0.25) is 17.7 Å². The van der Waals surface area contributed by atoms with Gasteiger partial charge in [-0.15, -0.1) is 0 Å². The molecule has 2 aliphatic rings. The number of urea groups is 1. The monoisotopic (exact) mass is 459 g/mol. The van der Waals surface area contributed by atoms with E-state index in [0.29, 0.717) is 18.7 Å². The lowest BCUT2D eigenvalue weighted by atomic mass is 10.0. The molecule has 0 spiro atoms. The van der Waals surface area contributed by atoms with E-state index in [1.165, 1.54) is 9.80 Å². The Labute approximate surface area is 191 Å². The van der Waals surface area contributed by atoms with Gasteiger partial charge in [0.1, 0.15) is 12.1 Å². The van der Waals surface area contributed by atoms with Crippen molar-refractivity contribution in [3.8, 4) is 0 Å². The summed E-state index contributed by atoms with van der Waals surface area (Å²) < 4.78 is 0. The second kappa shape index (κ2) is 11.3. The van der Waals surface area contributed by atoms with Crippen LogP contribution >= 0.6 is 0 Å². The van der Waals surface area contributed by atoms with Gasteiger partial charge in [0.05, 0.1) is 6.54 Å². The quantitative estimate of drug-likeness (QED) is 0.463. The van der Waals surface area contributed by atoms with Crippen molar-refractivity contribution in [3.63, 3.8) is 0 Å². The molecule has 0 aliphatic carbocycles. The SMILES string of the molecule is O=C(O)CCCC(=O)N1CCN(C(=O)Nc2ccccc2)CC1C(=O)NC1CCCNC1=O. The Kier molecular flexibility index (Phi) is 8.22. The number of para-hydroxylation sites is 1. The van der Waals surface area contributed by atoms with Crippen molar-refractivity contribution in [2.75, 3.05) is 31.5 Å². The molecule has 2 atom stereocenters. The molecule has 5 amide bonds. The van der Waals surface area contributed by atoms with Crippen molar-refractivity contribution in [1.82, 2.24) is 20.4 Å². The van der Waals surface area contributed by atoms with E-state index in [1.54, 1.807) is 24.3 Å². The number of anilines is 1. The molecule has 33 heavy (non-hydrogen) atoms. The fourth-order valence-electron chi connectivity index (χ4n) is 3.93. The van der Waals surface area contributed by atoms with Gasteiger partial charge in [0.15, 0.2) is 0 Å². The Morgan fingerprint density at radius 1 is 1.09 bits per heavy atom. The topological polar surface area (TPSA) is 148 Å². The molecule has 0 aromatic heterocycles. The predicted octanol–water partition coefficient (Wildman–Crippen LogP) is 0.381. The minimum atomic E-state index is -0.997. The van der Waals surface area contributed by atoms with Gasteiger partial charge in [-0.1, -0.05) is 18.2 Å². The number of amides is 5. The number of carbonyl (C=O) groups excluding carboxylic acids is 4. The summed E-state index contributed by atoms with van der Waals surface area (Å²) in [5, 5.41) is 17.0. The highest BCUT2D eigenvalue weighted by Crippen LogP contribution is 2.16. The lowest BCUT2D eigenvalue weighted by molar-refractivity contribution is -0.144. The van der Waals surface area contributed by atoms with Gasteiger partial charge in [0.25, 0.3) is 0 Å². The van der Waals surface area contributed by atoms with Crippen LogP contribution in [0.3, 0.4) is 0 Å². The van der Waals surface area contributed by atoms with Crippen LogP contribution in [0.15, 0.2) is 30.3 Å². The Hall–Kier alpha value is -3.63. The first-order chi connectivity index (χ1) is 15.8. The zero-order valence-corrected chi connectivity index (χ0v) is 18.3. The third kappa shape index (κ3) is 6.67. The van der Waals surface area contributed by atoms with Crippen LogP contribution in [-0.2, 0) is 19.2 Å². The Morgan fingerprint density at radius 3 is 2.55 bits per heavy atom. The minimum absolute atomic E-state index is 0.0177. The highest BCUT2D eigenvalue weighted by molar-refractivity contribution is 5.94. The van der Waals surface area contributed by atoms with Gasteiger partial charge in [-0.25, -0.2) is 4.79 Å². The number of nitrogens with zero attached hydrogens (tertiary/aromatic N) is 2. The molecular formula is C22H29N5O6. The molecule has 0 bridgehead atoms. The number of aliphatic carboxylic acids is 1. The first-order valence-electron chi connectivity index (χ1n) is 11.1. The minimum Gasteiger partial charge on any atom is -0.481 e. The standard InChI is InChI=1S/C22H29N5O6/c28-18(9-4-10-19(29)30)27-13-12-26(22(33)24-15-6-2-1-3-7-15)14-17(27)21(32)25-16-8-5-11-23-20(16)31/h1-3,6-7,16-17H,4-5,8-14H2,(H,23,31)(H,24,33)(H,25,32)(H,29,30). The molecule has 2 saturated heterocycles. The van der Waals surface area contributed by atoms with Crippen molar-refractivity contribution in [2.45, 2.75) is 44.2 Å². The molecule has 2 fully saturated rings. The van der Waals surface area contributed by atoms with Crippen LogP contribution < -0.4 is 16.0 Å². The van der Waals surface area contributed by atoms with E-state index in [2.05, 4.69) is 16.0 Å². The van der Waals surface area contributed by atoms with Gasteiger partial charge in [-0.3, -0.25) is 19.2 Å². The largest absolute Gasteiger partial charge is 0.481 e. The third-order valence-corrected chi connectivity index (χ3v) is 5.70. The number of rotatable bonds is 7. The normalized spacial score (nSPS) is 20.5. The molecule has 3 rings (SSSR count). The van der Waals surface area contributed by atoms with Crippen molar-refractivity contribution >= 4 is 35.4 Å². The zero-order valence-electron chi connectivity index (χ0n) is 18.3. The summed E-state index contributed by atoms with van der Waals surface area (Å²) in [7, 11) is 0. The third-order valence-electron chi connectivity index (χ3n) is 5.70. The smallest absolute Gasteiger partial charge is 0.321 e. The molecule has 1 aromatic rings. The van der Waals surface area contributed by atoms with E-state index in [9.17, 15) is 24.0 Å². The van der Waals surface area contributed by atoms with Crippen LogP contribution in [0.25, 0.3) is 0 Å².